The Kier molecular flexibility index (Phi) is 7.53. The topological polar surface area (TPSA) is 234 Å². The van der Waals surface area contributed by atoms with Gasteiger partial charge in [0.25, 0.3) is 0 Å². The number of rotatable bonds is 7. The van der Waals surface area contributed by atoms with E-state index >= 15 is 0 Å². The van der Waals surface area contributed by atoms with Crippen molar-refractivity contribution in [3.63, 3.8) is 0 Å². The molecule has 208 valence electrons. The molecule has 1 fully saturated rings. The molecule has 0 aliphatic carbocycles. The summed E-state index contributed by atoms with van der Waals surface area (Å²) in [7, 11) is 0. The molecule has 5 atom stereocenters. The summed E-state index contributed by atoms with van der Waals surface area (Å²) in [5.74, 6) is -6.47. The van der Waals surface area contributed by atoms with Crippen molar-refractivity contribution >= 4 is 22.9 Å². The van der Waals surface area contributed by atoms with Gasteiger partial charge in [-0.05, 0) is 18.2 Å². The Labute approximate surface area is 218 Å². The van der Waals surface area contributed by atoms with Crippen LogP contribution in [0, 0.1) is 5.92 Å². The second-order valence-electron chi connectivity index (χ2n) is 8.89. The molecule has 0 bridgehead atoms. The second-order valence-corrected chi connectivity index (χ2v) is 8.89. The molecule has 1 aliphatic rings. The van der Waals surface area contributed by atoms with Gasteiger partial charge in [0.05, 0.1) is 6.10 Å². The lowest BCUT2D eigenvalue weighted by Crippen LogP contribution is -2.57. The summed E-state index contributed by atoms with van der Waals surface area (Å²) in [5.41, 5.74) is -1.25. The molecule has 7 N–H and O–H groups in total. The summed E-state index contributed by atoms with van der Waals surface area (Å²) in [6.07, 6.45) is -7.03. The zero-order valence-electron chi connectivity index (χ0n) is 20.2. The number of phenolic OH excluding ortho intramolecular Hbond substituents is 4. The Bertz CT molecular complexity index is 1480. The maximum Gasteiger partial charge on any atom is 0.317 e. The van der Waals surface area contributed by atoms with Gasteiger partial charge in [0.1, 0.15) is 47.7 Å². The number of benzene rings is 2. The monoisotopic (exact) mass is 548 g/mol. The summed E-state index contributed by atoms with van der Waals surface area (Å²) in [6, 6.07) is 5.32. The molecule has 0 amide bonds. The van der Waals surface area contributed by atoms with Gasteiger partial charge in [0.15, 0.2) is 17.3 Å². The minimum absolute atomic E-state index is 0.000462. The molecule has 4 rings (SSSR count). The number of carboxylic acid groups (broad SMARTS) is 1. The molecule has 1 aliphatic heterocycles. The minimum Gasteiger partial charge on any atom is -0.508 e. The third-order valence-corrected chi connectivity index (χ3v) is 6.16. The number of aromatic hydroxyl groups is 4. The van der Waals surface area contributed by atoms with Gasteiger partial charge >= 0.3 is 11.9 Å². The van der Waals surface area contributed by atoms with E-state index in [1.54, 1.807) is 0 Å². The van der Waals surface area contributed by atoms with E-state index in [9.17, 15) is 45.0 Å². The molecular weight excluding hydrogens is 524 g/mol. The lowest BCUT2D eigenvalue weighted by Gasteiger charge is -2.40. The number of aliphatic hydroxyl groups is 2. The first-order valence-electron chi connectivity index (χ1n) is 11.5. The van der Waals surface area contributed by atoms with E-state index in [1.165, 1.54) is 13.0 Å². The molecule has 39 heavy (non-hydrogen) atoms. The number of esters is 1. The lowest BCUT2D eigenvalue weighted by molar-refractivity contribution is -0.262. The van der Waals surface area contributed by atoms with Gasteiger partial charge in [-0.1, -0.05) is 6.92 Å². The van der Waals surface area contributed by atoms with E-state index in [4.69, 9.17) is 23.7 Å². The molecule has 1 saturated heterocycles. The molecule has 14 nitrogen and oxygen atoms in total. The third-order valence-electron chi connectivity index (χ3n) is 6.16. The highest BCUT2D eigenvalue weighted by Crippen LogP contribution is 2.39. The van der Waals surface area contributed by atoms with Crippen molar-refractivity contribution in [3.05, 3.63) is 40.6 Å². The molecule has 14 heteroatoms. The standard InChI is InChI=1S/C25H24O14/c1-9-16(8-36-18(32)7-17(30)31)38-25(22(35)20(9)33)39-24-21(34)19-14(29)5-11(26)6-15(19)37-23(24)10-2-3-12(27)13(28)4-10/h2-6,9,16,20,22,25-29,33,35H,7-8H2,1H3,(H,30,31)/t9-,16-,20+,22-,25-/m0/s1. The van der Waals surface area contributed by atoms with Crippen LogP contribution < -0.4 is 10.2 Å². The van der Waals surface area contributed by atoms with Crippen molar-refractivity contribution in [2.75, 3.05) is 6.61 Å². The number of carboxylic acids is 1. The predicted octanol–water partition coefficient (Wildman–Crippen LogP) is 0.762. The maximum absolute atomic E-state index is 13.5. The highest BCUT2D eigenvalue weighted by molar-refractivity contribution is 5.90. The smallest absolute Gasteiger partial charge is 0.317 e. The number of aliphatic carboxylic acids is 1. The Morgan fingerprint density at radius 2 is 1.69 bits per heavy atom. The van der Waals surface area contributed by atoms with Crippen molar-refractivity contribution in [1.82, 2.24) is 0 Å². The molecule has 0 spiro atoms. The van der Waals surface area contributed by atoms with Crippen LogP contribution in [0.15, 0.2) is 39.5 Å². The fourth-order valence-corrected chi connectivity index (χ4v) is 4.05. The van der Waals surface area contributed by atoms with Crippen LogP contribution in [0.3, 0.4) is 0 Å². The van der Waals surface area contributed by atoms with Gasteiger partial charge in [0, 0.05) is 23.6 Å². The van der Waals surface area contributed by atoms with Gasteiger partial charge in [0.2, 0.25) is 17.5 Å². The van der Waals surface area contributed by atoms with Crippen molar-refractivity contribution in [2.45, 2.75) is 37.9 Å². The van der Waals surface area contributed by atoms with Crippen molar-refractivity contribution < 1.29 is 64.0 Å². The summed E-state index contributed by atoms with van der Waals surface area (Å²) < 4.78 is 21.9. The summed E-state index contributed by atoms with van der Waals surface area (Å²) >= 11 is 0. The first-order valence-corrected chi connectivity index (χ1v) is 11.5. The fourth-order valence-electron chi connectivity index (χ4n) is 4.05. The number of carbonyl (C=O) groups is 2. The lowest BCUT2D eigenvalue weighted by atomic mass is 9.91. The molecule has 0 unspecified atom stereocenters. The molecular formula is C25H24O14. The van der Waals surface area contributed by atoms with E-state index in [2.05, 4.69) is 0 Å². The third kappa shape index (κ3) is 5.52. The van der Waals surface area contributed by atoms with Crippen LogP contribution in [0.25, 0.3) is 22.3 Å². The zero-order chi connectivity index (χ0) is 28.6. The van der Waals surface area contributed by atoms with Crippen LogP contribution in [0.2, 0.25) is 0 Å². The average molecular weight is 548 g/mol. The number of fused-ring (bicyclic) bond motifs is 1. The molecule has 0 radical (unpaired) electrons. The molecule has 2 heterocycles. The molecule has 3 aromatic rings. The van der Waals surface area contributed by atoms with Crippen LogP contribution >= 0.6 is 0 Å². The number of aliphatic hydroxyl groups excluding tert-OH is 2. The van der Waals surface area contributed by atoms with E-state index in [-0.39, 0.29) is 16.9 Å². The van der Waals surface area contributed by atoms with Gasteiger partial charge in [-0.25, -0.2) is 0 Å². The van der Waals surface area contributed by atoms with Gasteiger partial charge in [-0.2, -0.15) is 0 Å². The Hall–Kier alpha value is -4.53. The average Bonchev–Trinajstić information content (AvgIpc) is 2.85. The van der Waals surface area contributed by atoms with Crippen molar-refractivity contribution in [2.24, 2.45) is 5.92 Å². The summed E-state index contributed by atoms with van der Waals surface area (Å²) in [6.45, 7) is 0.960. The number of ether oxygens (including phenoxy) is 3. The van der Waals surface area contributed by atoms with Gasteiger partial charge in [-0.3, -0.25) is 14.4 Å². The number of hydrogen-bond acceptors (Lipinski definition) is 13. The number of phenols is 4. The first-order chi connectivity index (χ1) is 18.4. The van der Waals surface area contributed by atoms with Crippen LogP contribution in [0.1, 0.15) is 13.3 Å². The Balaban J connectivity index is 1.76. The maximum atomic E-state index is 13.5. The fraction of sp³-hybridized carbons (Fsp3) is 0.320. The van der Waals surface area contributed by atoms with Gasteiger partial charge < -0.3 is 54.4 Å². The number of hydrogen-bond donors (Lipinski definition) is 7. The zero-order valence-corrected chi connectivity index (χ0v) is 20.2. The van der Waals surface area contributed by atoms with Gasteiger partial charge in [-0.15, -0.1) is 0 Å². The number of carbonyl (C=O) groups excluding carboxylic acids is 1. The second kappa shape index (κ2) is 10.7. The first kappa shape index (κ1) is 27.5. The predicted molar refractivity (Wildman–Crippen MR) is 128 cm³/mol. The quantitative estimate of drug-likeness (QED) is 0.123. The molecule has 1 aromatic heterocycles. The van der Waals surface area contributed by atoms with E-state index < -0.39 is 95.0 Å². The molecule has 2 aromatic carbocycles. The highest BCUT2D eigenvalue weighted by atomic mass is 16.7. The summed E-state index contributed by atoms with van der Waals surface area (Å²) in [4.78, 5) is 35.8. The van der Waals surface area contributed by atoms with Crippen molar-refractivity contribution in [3.8, 4) is 40.1 Å². The largest absolute Gasteiger partial charge is 0.508 e. The normalized spacial score (nSPS) is 22.9. The van der Waals surface area contributed by atoms with Crippen LogP contribution in [-0.2, 0) is 19.1 Å². The minimum atomic E-state index is -1.76. The SMILES string of the molecule is C[C@@H]1[C@@H](O)[C@H](O)[C@H](Oc2c(-c3ccc(O)c(O)c3)oc3cc(O)cc(O)c3c2=O)O[C@H]1COC(=O)CC(=O)O. The Morgan fingerprint density at radius 3 is 2.36 bits per heavy atom. The molecule has 0 saturated carbocycles. The Morgan fingerprint density at radius 1 is 0.974 bits per heavy atom. The van der Waals surface area contributed by atoms with Crippen LogP contribution in [0.5, 0.6) is 28.7 Å². The van der Waals surface area contributed by atoms with Crippen LogP contribution in [-0.4, -0.2) is 78.9 Å². The van der Waals surface area contributed by atoms with E-state index in [0.29, 0.717) is 0 Å². The highest BCUT2D eigenvalue weighted by Gasteiger charge is 2.44. The van der Waals surface area contributed by atoms with Crippen molar-refractivity contribution in [1.29, 1.82) is 0 Å². The van der Waals surface area contributed by atoms with Crippen LogP contribution in [0.4, 0.5) is 0 Å². The van der Waals surface area contributed by atoms with E-state index in [1.807, 2.05) is 0 Å². The van der Waals surface area contributed by atoms with E-state index in [0.717, 1.165) is 24.3 Å². The summed E-state index contributed by atoms with van der Waals surface area (Å²) in [5, 5.41) is 69.3.